The third kappa shape index (κ3) is 4.55. The van der Waals surface area contributed by atoms with Crippen LogP contribution in [0.25, 0.3) is 6.08 Å². The first-order chi connectivity index (χ1) is 11.3. The van der Waals surface area contributed by atoms with E-state index in [2.05, 4.69) is 26.1 Å². The number of amides is 1. The molecule has 1 aromatic heterocycles. The topological polar surface area (TPSA) is 55.4 Å². The molecule has 0 atom stereocenters. The highest BCUT2D eigenvalue weighted by Crippen LogP contribution is 2.22. The summed E-state index contributed by atoms with van der Waals surface area (Å²) < 4.78 is 4.74. The number of carbonyl (C=O) groups is 2. The second-order valence-electron chi connectivity index (χ2n) is 6.35. The number of carbonyl (C=O) groups excluding carboxylic acids is 2. The minimum Gasteiger partial charge on any atom is -0.464 e. The maximum atomic E-state index is 12.4. The first-order valence-corrected chi connectivity index (χ1v) is 8.44. The fourth-order valence-electron chi connectivity index (χ4n) is 2.09. The van der Waals surface area contributed by atoms with E-state index in [9.17, 15) is 9.59 Å². The molecule has 0 bridgehead atoms. The predicted octanol–water partition coefficient (Wildman–Crippen LogP) is 3.99. The number of methoxy groups -OCH3 is 1. The van der Waals surface area contributed by atoms with Crippen molar-refractivity contribution in [2.75, 3.05) is 7.11 Å². The smallest absolute Gasteiger partial charge is 0.354 e. The standard InChI is InChI=1S/C19H21NO3S/c1-19(2,3)14-9-7-13(8-10-14)17(21)20-16(18(22)23-4)12-15-6-5-11-24-15/h5-12H,1-4H3,(H,20,21). The van der Waals surface area contributed by atoms with E-state index in [1.165, 1.54) is 18.4 Å². The van der Waals surface area contributed by atoms with E-state index in [0.717, 1.165) is 10.4 Å². The molecule has 0 fully saturated rings. The third-order valence-electron chi connectivity index (χ3n) is 3.50. The molecule has 1 N–H and O–H groups in total. The maximum Gasteiger partial charge on any atom is 0.354 e. The molecule has 0 saturated heterocycles. The first-order valence-electron chi connectivity index (χ1n) is 7.56. The average molecular weight is 343 g/mol. The molecule has 1 heterocycles. The van der Waals surface area contributed by atoms with Crippen molar-refractivity contribution >= 4 is 29.3 Å². The van der Waals surface area contributed by atoms with Crippen LogP contribution in [0.1, 0.15) is 41.6 Å². The number of thiophene rings is 1. The van der Waals surface area contributed by atoms with E-state index < -0.39 is 5.97 Å². The number of esters is 1. The lowest BCUT2D eigenvalue weighted by atomic mass is 9.87. The van der Waals surface area contributed by atoms with E-state index in [1.54, 1.807) is 18.2 Å². The van der Waals surface area contributed by atoms with E-state index in [-0.39, 0.29) is 17.0 Å². The molecular weight excluding hydrogens is 322 g/mol. The van der Waals surface area contributed by atoms with E-state index in [4.69, 9.17) is 4.74 Å². The van der Waals surface area contributed by atoms with E-state index >= 15 is 0 Å². The normalized spacial score (nSPS) is 11.9. The maximum absolute atomic E-state index is 12.4. The summed E-state index contributed by atoms with van der Waals surface area (Å²) in [6.45, 7) is 6.34. The van der Waals surface area contributed by atoms with Crippen LogP contribution in [-0.4, -0.2) is 19.0 Å². The Labute approximate surface area is 146 Å². The Morgan fingerprint density at radius 3 is 2.29 bits per heavy atom. The van der Waals surface area contributed by atoms with Crippen molar-refractivity contribution in [3.8, 4) is 0 Å². The monoisotopic (exact) mass is 343 g/mol. The highest BCUT2D eigenvalue weighted by molar-refractivity contribution is 7.10. The fraction of sp³-hybridized carbons (Fsp3) is 0.263. The molecule has 5 heteroatoms. The Balaban J connectivity index is 2.20. The van der Waals surface area contributed by atoms with Crippen LogP contribution >= 0.6 is 11.3 Å². The summed E-state index contributed by atoms with van der Waals surface area (Å²) >= 11 is 1.47. The molecule has 0 unspecified atom stereocenters. The van der Waals surface area contributed by atoms with Gasteiger partial charge < -0.3 is 10.1 Å². The van der Waals surface area contributed by atoms with Gasteiger partial charge in [0, 0.05) is 10.4 Å². The van der Waals surface area contributed by atoms with Crippen LogP contribution in [-0.2, 0) is 14.9 Å². The highest BCUT2D eigenvalue weighted by Gasteiger charge is 2.17. The molecule has 0 aliphatic carbocycles. The molecule has 126 valence electrons. The van der Waals surface area contributed by atoms with Gasteiger partial charge in [-0.25, -0.2) is 4.79 Å². The minimum atomic E-state index is -0.580. The number of hydrogen-bond acceptors (Lipinski definition) is 4. The molecule has 0 saturated carbocycles. The SMILES string of the molecule is COC(=O)C(=Cc1cccs1)NC(=O)c1ccc(C(C)(C)C)cc1. The van der Waals surface area contributed by atoms with Gasteiger partial charge in [-0.05, 0) is 40.6 Å². The molecule has 2 rings (SSSR count). The van der Waals surface area contributed by atoms with Gasteiger partial charge in [0.05, 0.1) is 7.11 Å². The van der Waals surface area contributed by atoms with Crippen molar-refractivity contribution in [2.24, 2.45) is 0 Å². The second-order valence-corrected chi connectivity index (χ2v) is 7.33. The molecule has 2 aromatic rings. The van der Waals surface area contributed by atoms with Gasteiger partial charge in [-0.3, -0.25) is 4.79 Å². The molecule has 0 aliphatic rings. The van der Waals surface area contributed by atoms with Gasteiger partial charge in [-0.1, -0.05) is 39.0 Å². The van der Waals surface area contributed by atoms with Crippen LogP contribution in [0.3, 0.4) is 0 Å². The van der Waals surface area contributed by atoms with Crippen molar-refractivity contribution < 1.29 is 14.3 Å². The van der Waals surface area contributed by atoms with Crippen molar-refractivity contribution in [1.29, 1.82) is 0 Å². The zero-order valence-electron chi connectivity index (χ0n) is 14.3. The van der Waals surface area contributed by atoms with Crippen molar-refractivity contribution in [1.82, 2.24) is 5.32 Å². The van der Waals surface area contributed by atoms with Gasteiger partial charge in [0.25, 0.3) is 5.91 Å². The fourth-order valence-corrected chi connectivity index (χ4v) is 2.75. The minimum absolute atomic E-state index is 0.0191. The van der Waals surface area contributed by atoms with Crippen molar-refractivity contribution in [3.63, 3.8) is 0 Å². The van der Waals surface area contributed by atoms with E-state index in [0.29, 0.717) is 5.56 Å². The summed E-state index contributed by atoms with van der Waals surface area (Å²) in [5, 5.41) is 4.53. The van der Waals surface area contributed by atoms with Gasteiger partial charge in [0.2, 0.25) is 0 Å². The lowest BCUT2D eigenvalue weighted by Crippen LogP contribution is -2.28. The second kappa shape index (κ2) is 7.45. The summed E-state index contributed by atoms with van der Waals surface area (Å²) in [7, 11) is 1.29. The Bertz CT molecular complexity index is 738. The van der Waals surface area contributed by atoms with Gasteiger partial charge >= 0.3 is 5.97 Å². The Hall–Kier alpha value is -2.40. The van der Waals surface area contributed by atoms with Crippen molar-refractivity contribution in [2.45, 2.75) is 26.2 Å². The average Bonchev–Trinajstić information content (AvgIpc) is 3.05. The molecule has 0 spiro atoms. The molecule has 0 radical (unpaired) electrons. The molecule has 0 aliphatic heterocycles. The number of ether oxygens (including phenoxy) is 1. The largest absolute Gasteiger partial charge is 0.464 e. The number of hydrogen-bond donors (Lipinski definition) is 1. The van der Waals surface area contributed by atoms with Crippen molar-refractivity contribution in [3.05, 3.63) is 63.5 Å². The number of benzene rings is 1. The molecule has 1 amide bonds. The predicted molar refractivity (Wildman–Crippen MR) is 96.9 cm³/mol. The number of nitrogens with one attached hydrogen (secondary N) is 1. The Morgan fingerprint density at radius 2 is 1.79 bits per heavy atom. The summed E-state index contributed by atoms with van der Waals surface area (Å²) in [6.07, 6.45) is 1.61. The quantitative estimate of drug-likeness (QED) is 0.674. The third-order valence-corrected chi connectivity index (χ3v) is 4.32. The molecular formula is C19H21NO3S. The van der Waals surface area contributed by atoms with Crippen LogP contribution in [0.2, 0.25) is 0 Å². The molecule has 24 heavy (non-hydrogen) atoms. The summed E-state index contributed by atoms with van der Waals surface area (Å²) in [6, 6.07) is 11.1. The Kier molecular flexibility index (Phi) is 5.57. The van der Waals surface area contributed by atoms with Crippen LogP contribution in [0.5, 0.6) is 0 Å². The van der Waals surface area contributed by atoms with Gasteiger partial charge in [0.15, 0.2) is 0 Å². The van der Waals surface area contributed by atoms with E-state index in [1.807, 2.05) is 29.6 Å². The van der Waals surface area contributed by atoms with Crippen LogP contribution in [0, 0.1) is 0 Å². The van der Waals surface area contributed by atoms with Gasteiger partial charge in [-0.2, -0.15) is 0 Å². The van der Waals surface area contributed by atoms with Crippen LogP contribution in [0.4, 0.5) is 0 Å². The first kappa shape index (κ1) is 17.9. The molecule has 4 nitrogen and oxygen atoms in total. The summed E-state index contributed by atoms with van der Waals surface area (Å²) in [5.74, 6) is -0.924. The van der Waals surface area contributed by atoms with Crippen LogP contribution < -0.4 is 5.32 Å². The van der Waals surface area contributed by atoms with Crippen LogP contribution in [0.15, 0.2) is 47.5 Å². The summed E-state index contributed by atoms with van der Waals surface area (Å²) in [4.78, 5) is 25.2. The zero-order valence-corrected chi connectivity index (χ0v) is 15.1. The Morgan fingerprint density at radius 1 is 1.12 bits per heavy atom. The molecule has 1 aromatic carbocycles. The summed E-state index contributed by atoms with van der Waals surface area (Å²) in [5.41, 5.74) is 1.76. The highest BCUT2D eigenvalue weighted by atomic mass is 32.1. The lowest BCUT2D eigenvalue weighted by Gasteiger charge is -2.19. The number of rotatable bonds is 4. The zero-order chi connectivity index (χ0) is 17.7. The van der Waals surface area contributed by atoms with Gasteiger partial charge in [0.1, 0.15) is 5.70 Å². The van der Waals surface area contributed by atoms with Gasteiger partial charge in [-0.15, -0.1) is 11.3 Å². The lowest BCUT2D eigenvalue weighted by molar-refractivity contribution is -0.136.